The predicted octanol–water partition coefficient (Wildman–Crippen LogP) is 3.17. The average Bonchev–Trinajstić information content (AvgIpc) is 3.00. The van der Waals surface area contributed by atoms with Gasteiger partial charge < -0.3 is 16.4 Å². The van der Waals surface area contributed by atoms with Gasteiger partial charge in [0.15, 0.2) is 0 Å². The van der Waals surface area contributed by atoms with Crippen molar-refractivity contribution < 1.29 is 14.0 Å². The molecule has 1 aliphatic carbocycles. The molecule has 130 valence electrons. The number of carbonyl (C=O) groups is 2. The quantitative estimate of drug-likeness (QED) is 0.780. The molecule has 1 atom stereocenters. The van der Waals surface area contributed by atoms with Gasteiger partial charge in [0, 0.05) is 12.1 Å². The number of nitrogens with one attached hydrogen (secondary N) is 2. The van der Waals surface area contributed by atoms with Crippen molar-refractivity contribution >= 4 is 17.6 Å². The second-order valence-electron chi connectivity index (χ2n) is 6.16. The molecule has 0 bridgehead atoms. The van der Waals surface area contributed by atoms with E-state index in [0.717, 1.165) is 25.3 Å². The van der Waals surface area contributed by atoms with Crippen molar-refractivity contribution in [1.29, 1.82) is 0 Å². The van der Waals surface area contributed by atoms with E-state index >= 15 is 0 Å². The van der Waals surface area contributed by atoms with Crippen LogP contribution in [0.1, 0.15) is 40.2 Å². The fourth-order valence-corrected chi connectivity index (χ4v) is 3.25. The summed E-state index contributed by atoms with van der Waals surface area (Å²) in [6, 6.07) is 11.5. The molecule has 0 heterocycles. The van der Waals surface area contributed by atoms with Crippen molar-refractivity contribution in [3.05, 3.63) is 65.0 Å². The summed E-state index contributed by atoms with van der Waals surface area (Å²) in [5.74, 6) is -0.861. The summed E-state index contributed by atoms with van der Waals surface area (Å²) < 4.78 is 13.7. The monoisotopic (exact) mass is 341 g/mol. The highest BCUT2D eigenvalue weighted by atomic mass is 19.1. The van der Waals surface area contributed by atoms with Gasteiger partial charge in [0.25, 0.3) is 0 Å². The first-order chi connectivity index (χ1) is 12.0. The van der Waals surface area contributed by atoms with Gasteiger partial charge in [0.05, 0.1) is 5.69 Å². The lowest BCUT2D eigenvalue weighted by molar-refractivity contribution is 0.1000. The van der Waals surface area contributed by atoms with Gasteiger partial charge in [0.2, 0.25) is 5.91 Å². The lowest BCUT2D eigenvalue weighted by atomic mass is 9.98. The molecule has 1 aliphatic rings. The molecule has 0 spiro atoms. The molecule has 0 radical (unpaired) electrons. The van der Waals surface area contributed by atoms with Crippen molar-refractivity contribution in [2.75, 3.05) is 11.9 Å². The summed E-state index contributed by atoms with van der Waals surface area (Å²) in [5.41, 5.74) is 7.96. The number of urea groups is 1. The van der Waals surface area contributed by atoms with E-state index in [9.17, 15) is 14.0 Å². The number of rotatable bonds is 5. The van der Waals surface area contributed by atoms with Crippen LogP contribution in [0, 0.1) is 5.82 Å². The number of benzene rings is 2. The van der Waals surface area contributed by atoms with Crippen LogP contribution < -0.4 is 16.4 Å². The maximum Gasteiger partial charge on any atom is 0.319 e. The highest BCUT2D eigenvalue weighted by Gasteiger charge is 2.21. The van der Waals surface area contributed by atoms with Gasteiger partial charge in [0.1, 0.15) is 5.82 Å². The van der Waals surface area contributed by atoms with Crippen LogP contribution in [0.3, 0.4) is 0 Å². The van der Waals surface area contributed by atoms with Crippen LogP contribution >= 0.6 is 0 Å². The molecule has 0 aromatic heterocycles. The molecule has 5 nitrogen and oxygen atoms in total. The number of aryl methyl sites for hydroxylation is 1. The number of fused-ring (bicyclic) bond motifs is 1. The molecule has 0 saturated heterocycles. The first-order valence-corrected chi connectivity index (χ1v) is 8.26. The Morgan fingerprint density at radius 3 is 2.80 bits per heavy atom. The number of carbonyl (C=O) groups excluding carboxylic acids is 2. The molecule has 2 aromatic carbocycles. The van der Waals surface area contributed by atoms with Gasteiger partial charge >= 0.3 is 6.03 Å². The number of anilines is 1. The molecular formula is C19H20FN3O2. The second-order valence-corrected chi connectivity index (χ2v) is 6.16. The van der Waals surface area contributed by atoms with Gasteiger partial charge in [-0.2, -0.15) is 0 Å². The highest BCUT2D eigenvalue weighted by molar-refractivity contribution is 5.96. The smallest absolute Gasteiger partial charge is 0.319 e. The van der Waals surface area contributed by atoms with E-state index in [2.05, 4.69) is 22.8 Å². The number of primary amides is 1. The molecule has 6 heteroatoms. The maximum atomic E-state index is 13.7. The first-order valence-electron chi connectivity index (χ1n) is 8.26. The van der Waals surface area contributed by atoms with Gasteiger partial charge in [-0.3, -0.25) is 4.79 Å². The Morgan fingerprint density at radius 1 is 1.20 bits per heavy atom. The minimum absolute atomic E-state index is 0.0694. The zero-order chi connectivity index (χ0) is 17.8. The Balaban J connectivity index is 1.52. The van der Waals surface area contributed by atoms with Crippen LogP contribution in [-0.2, 0) is 6.42 Å². The Hall–Kier alpha value is -2.89. The van der Waals surface area contributed by atoms with Crippen molar-refractivity contribution in [3.63, 3.8) is 0 Å². The third kappa shape index (κ3) is 3.96. The van der Waals surface area contributed by atoms with Crippen LogP contribution in [0.2, 0.25) is 0 Å². The Morgan fingerprint density at radius 2 is 2.00 bits per heavy atom. The number of amides is 3. The van der Waals surface area contributed by atoms with E-state index in [4.69, 9.17) is 5.73 Å². The van der Waals surface area contributed by atoms with Gasteiger partial charge in [-0.25, -0.2) is 9.18 Å². The van der Waals surface area contributed by atoms with Crippen LogP contribution in [0.25, 0.3) is 0 Å². The van der Waals surface area contributed by atoms with E-state index in [1.54, 1.807) is 0 Å². The Kier molecular flexibility index (Phi) is 4.97. The van der Waals surface area contributed by atoms with E-state index in [0.29, 0.717) is 12.5 Å². The minimum Gasteiger partial charge on any atom is -0.366 e. The molecular weight excluding hydrogens is 321 g/mol. The summed E-state index contributed by atoms with van der Waals surface area (Å²) in [7, 11) is 0. The molecule has 2 aromatic rings. The zero-order valence-corrected chi connectivity index (χ0v) is 13.7. The number of nitrogens with two attached hydrogens (primary N) is 1. The van der Waals surface area contributed by atoms with Gasteiger partial charge in [-0.15, -0.1) is 0 Å². The van der Waals surface area contributed by atoms with E-state index in [-0.39, 0.29) is 11.3 Å². The number of hydrogen-bond acceptors (Lipinski definition) is 2. The topological polar surface area (TPSA) is 84.2 Å². The first kappa shape index (κ1) is 17.0. The molecule has 0 aliphatic heterocycles. The third-order valence-electron chi connectivity index (χ3n) is 4.53. The summed E-state index contributed by atoms with van der Waals surface area (Å²) >= 11 is 0. The predicted molar refractivity (Wildman–Crippen MR) is 94.1 cm³/mol. The van der Waals surface area contributed by atoms with E-state index in [1.165, 1.54) is 23.3 Å². The maximum absolute atomic E-state index is 13.7. The Labute approximate surface area is 145 Å². The SMILES string of the molecule is NC(=O)c1ccc(F)c(NC(=O)NCCC2CCc3ccccc32)c1. The van der Waals surface area contributed by atoms with Gasteiger partial charge in [-0.05, 0) is 54.5 Å². The molecule has 0 saturated carbocycles. The lowest BCUT2D eigenvalue weighted by Gasteiger charge is -2.13. The number of halogens is 1. The summed E-state index contributed by atoms with van der Waals surface area (Å²) in [6.07, 6.45) is 2.98. The van der Waals surface area contributed by atoms with Crippen molar-refractivity contribution in [1.82, 2.24) is 5.32 Å². The molecule has 0 fully saturated rings. The summed E-state index contributed by atoms with van der Waals surface area (Å²) in [5, 5.41) is 5.15. The van der Waals surface area contributed by atoms with E-state index in [1.807, 2.05) is 12.1 Å². The van der Waals surface area contributed by atoms with Crippen molar-refractivity contribution in [3.8, 4) is 0 Å². The molecule has 4 N–H and O–H groups in total. The lowest BCUT2D eigenvalue weighted by Crippen LogP contribution is -2.30. The van der Waals surface area contributed by atoms with Crippen LogP contribution in [-0.4, -0.2) is 18.5 Å². The normalized spacial score (nSPS) is 15.5. The fraction of sp³-hybridized carbons (Fsp3) is 0.263. The van der Waals surface area contributed by atoms with Crippen molar-refractivity contribution in [2.45, 2.75) is 25.2 Å². The van der Waals surface area contributed by atoms with Crippen LogP contribution in [0.5, 0.6) is 0 Å². The molecule has 25 heavy (non-hydrogen) atoms. The minimum atomic E-state index is -0.677. The van der Waals surface area contributed by atoms with Gasteiger partial charge in [-0.1, -0.05) is 24.3 Å². The molecule has 3 rings (SSSR count). The summed E-state index contributed by atoms with van der Waals surface area (Å²) in [6.45, 7) is 0.488. The molecule has 3 amide bonds. The third-order valence-corrected chi connectivity index (χ3v) is 4.53. The summed E-state index contributed by atoms with van der Waals surface area (Å²) in [4.78, 5) is 23.1. The standard InChI is InChI=1S/C19H20FN3O2/c20-16-8-7-14(18(21)24)11-17(16)23-19(25)22-10-9-13-6-5-12-3-1-2-4-15(12)13/h1-4,7-8,11,13H,5-6,9-10H2,(H2,21,24)(H2,22,23,25). The average molecular weight is 341 g/mol. The molecule has 1 unspecified atom stereocenters. The largest absolute Gasteiger partial charge is 0.366 e. The zero-order valence-electron chi connectivity index (χ0n) is 13.7. The number of hydrogen-bond donors (Lipinski definition) is 3. The van der Waals surface area contributed by atoms with Crippen molar-refractivity contribution in [2.24, 2.45) is 5.73 Å². The Bertz CT molecular complexity index is 807. The second kappa shape index (κ2) is 7.34. The van der Waals surface area contributed by atoms with E-state index < -0.39 is 17.8 Å². The van der Waals surface area contributed by atoms with Crippen LogP contribution in [0.15, 0.2) is 42.5 Å². The van der Waals surface area contributed by atoms with Crippen LogP contribution in [0.4, 0.5) is 14.9 Å². The highest BCUT2D eigenvalue weighted by Crippen LogP contribution is 2.34. The fourth-order valence-electron chi connectivity index (χ4n) is 3.25.